The van der Waals surface area contributed by atoms with Crippen molar-refractivity contribution in [3.8, 4) is 0 Å². The molecule has 1 atom stereocenters. The molecule has 9 heteroatoms. The number of nitrogens with one attached hydrogen (secondary N) is 2. The van der Waals surface area contributed by atoms with Crippen molar-refractivity contribution in [1.29, 1.82) is 0 Å². The summed E-state index contributed by atoms with van der Waals surface area (Å²) in [7, 11) is 0. The molecular weight excluding hydrogens is 458 g/mol. The molecule has 8 nitrogen and oxygen atoms in total. The minimum atomic E-state index is -0.992. The normalized spacial score (nSPS) is 11.4. The van der Waals surface area contributed by atoms with Crippen molar-refractivity contribution in [3.63, 3.8) is 0 Å². The van der Waals surface area contributed by atoms with Crippen LogP contribution in [0.1, 0.15) is 49.4 Å². The van der Waals surface area contributed by atoms with Crippen molar-refractivity contribution >= 4 is 35.2 Å². The van der Waals surface area contributed by atoms with Gasteiger partial charge in [-0.15, -0.1) is 0 Å². The van der Waals surface area contributed by atoms with Crippen LogP contribution in [0.25, 0.3) is 0 Å². The molecule has 0 bridgehead atoms. The van der Waals surface area contributed by atoms with Crippen LogP contribution in [0.15, 0.2) is 60.7 Å². The van der Waals surface area contributed by atoms with Crippen LogP contribution in [-0.2, 0) is 9.53 Å². The van der Waals surface area contributed by atoms with Gasteiger partial charge in [0.1, 0.15) is 6.04 Å². The lowest BCUT2D eigenvalue weighted by atomic mass is 10.1. The molecule has 3 rings (SSSR count). The molecule has 3 aromatic rings. The number of ether oxygens (including phenoxy) is 1. The average Bonchev–Trinajstić information content (AvgIpc) is 3.11. The molecule has 2 aromatic carbocycles. The molecule has 0 saturated carbocycles. The Labute approximate surface area is 201 Å². The van der Waals surface area contributed by atoms with Gasteiger partial charge in [0.05, 0.1) is 10.6 Å². The van der Waals surface area contributed by atoms with Crippen LogP contribution in [-0.4, -0.2) is 40.9 Å². The Morgan fingerprint density at radius 3 is 2.26 bits per heavy atom. The first-order chi connectivity index (χ1) is 16.2. The zero-order valence-electron chi connectivity index (χ0n) is 18.9. The highest BCUT2D eigenvalue weighted by molar-refractivity contribution is 6.33. The van der Waals surface area contributed by atoms with E-state index in [2.05, 4.69) is 10.7 Å². The summed E-state index contributed by atoms with van der Waals surface area (Å²) in [5, 5.41) is 2.76. The van der Waals surface area contributed by atoms with Crippen molar-refractivity contribution < 1.29 is 23.9 Å². The Morgan fingerprint density at radius 1 is 0.941 bits per heavy atom. The van der Waals surface area contributed by atoms with E-state index in [1.165, 1.54) is 17.7 Å². The van der Waals surface area contributed by atoms with Crippen LogP contribution in [0.2, 0.25) is 5.02 Å². The topological polar surface area (TPSA) is 106 Å². The SMILES string of the molecule is Cc1cc(C(=O)COC(=O)[C@H](C)NC(=O)c2ccccc2Cl)c(C)n1NC(=O)c1ccccc1. The van der Waals surface area contributed by atoms with E-state index in [1.54, 1.807) is 62.4 Å². The number of aryl methyl sites for hydroxylation is 1. The van der Waals surface area contributed by atoms with Gasteiger partial charge >= 0.3 is 5.97 Å². The predicted molar refractivity (Wildman–Crippen MR) is 128 cm³/mol. The van der Waals surface area contributed by atoms with Crippen molar-refractivity contribution in [2.75, 3.05) is 12.0 Å². The zero-order valence-corrected chi connectivity index (χ0v) is 19.7. The fourth-order valence-corrected chi connectivity index (χ4v) is 3.51. The third-order valence-corrected chi connectivity index (χ3v) is 5.48. The van der Waals surface area contributed by atoms with Crippen molar-refractivity contribution in [2.45, 2.75) is 26.8 Å². The lowest BCUT2D eigenvalue weighted by molar-refractivity contribution is -0.144. The summed E-state index contributed by atoms with van der Waals surface area (Å²) in [6.07, 6.45) is 0. The Balaban J connectivity index is 1.59. The first-order valence-corrected chi connectivity index (χ1v) is 10.9. The van der Waals surface area contributed by atoms with Crippen molar-refractivity contribution in [3.05, 3.63) is 93.8 Å². The molecule has 176 valence electrons. The van der Waals surface area contributed by atoms with E-state index in [1.807, 2.05) is 6.07 Å². The summed E-state index contributed by atoms with van der Waals surface area (Å²) < 4.78 is 6.62. The molecular formula is C25H24ClN3O5. The maximum absolute atomic E-state index is 12.7. The highest BCUT2D eigenvalue weighted by atomic mass is 35.5. The number of aromatic nitrogens is 1. The van der Waals surface area contributed by atoms with E-state index in [-0.39, 0.29) is 16.5 Å². The summed E-state index contributed by atoms with van der Waals surface area (Å²) in [6.45, 7) is 4.36. The predicted octanol–water partition coefficient (Wildman–Crippen LogP) is 3.69. The Morgan fingerprint density at radius 2 is 1.59 bits per heavy atom. The Kier molecular flexibility index (Phi) is 7.86. The quantitative estimate of drug-likeness (QED) is 0.377. The molecule has 0 aliphatic carbocycles. The lowest BCUT2D eigenvalue weighted by Crippen LogP contribution is -2.40. The number of carbonyl (C=O) groups is 4. The van der Waals surface area contributed by atoms with Gasteiger partial charge < -0.3 is 10.1 Å². The van der Waals surface area contributed by atoms with Gasteiger partial charge in [-0.1, -0.05) is 41.9 Å². The molecule has 0 radical (unpaired) electrons. The van der Waals surface area contributed by atoms with Gasteiger partial charge in [-0.05, 0) is 51.1 Å². The van der Waals surface area contributed by atoms with E-state index in [9.17, 15) is 19.2 Å². The first-order valence-electron chi connectivity index (χ1n) is 10.5. The third-order valence-electron chi connectivity index (χ3n) is 5.15. The minimum absolute atomic E-state index is 0.227. The van der Waals surface area contributed by atoms with Crippen LogP contribution in [0, 0.1) is 13.8 Å². The largest absolute Gasteiger partial charge is 0.456 e. The van der Waals surface area contributed by atoms with E-state index >= 15 is 0 Å². The number of benzene rings is 2. The van der Waals surface area contributed by atoms with Crippen LogP contribution < -0.4 is 10.7 Å². The van der Waals surface area contributed by atoms with Crippen molar-refractivity contribution in [2.24, 2.45) is 0 Å². The molecule has 0 saturated heterocycles. The molecule has 2 N–H and O–H groups in total. The molecule has 0 aliphatic rings. The van der Waals surface area contributed by atoms with E-state index in [0.717, 1.165) is 0 Å². The molecule has 0 unspecified atom stereocenters. The highest BCUT2D eigenvalue weighted by Gasteiger charge is 2.22. The van der Waals surface area contributed by atoms with Gasteiger partial charge in [0.15, 0.2) is 6.61 Å². The fraction of sp³-hybridized carbons (Fsp3) is 0.200. The molecule has 34 heavy (non-hydrogen) atoms. The number of ketones is 1. The standard InChI is InChI=1S/C25H24ClN3O5/c1-15-13-20(17(3)29(15)28-23(31)18-9-5-4-6-10-18)22(30)14-34-25(33)16(2)27-24(32)19-11-7-8-12-21(19)26/h4-13,16H,14H2,1-3H3,(H,27,32)(H,28,31)/t16-/m0/s1. The van der Waals surface area contributed by atoms with Gasteiger partial charge in [0.2, 0.25) is 5.78 Å². The average molecular weight is 482 g/mol. The fourth-order valence-electron chi connectivity index (χ4n) is 3.29. The van der Waals surface area contributed by atoms with E-state index in [0.29, 0.717) is 22.5 Å². The molecule has 1 aromatic heterocycles. The Hall–Kier alpha value is -3.91. The molecule has 0 fully saturated rings. The summed E-state index contributed by atoms with van der Waals surface area (Å²) in [6, 6.07) is 15.7. The second kappa shape index (κ2) is 10.8. The molecule has 2 amide bonds. The molecule has 1 heterocycles. The van der Waals surface area contributed by atoms with Crippen LogP contribution in [0.5, 0.6) is 0 Å². The van der Waals surface area contributed by atoms with Gasteiger partial charge in [-0.25, -0.2) is 4.79 Å². The molecule has 0 aliphatic heterocycles. The number of amides is 2. The number of Topliss-reactive ketones (excluding diaryl/α,β-unsaturated/α-hetero) is 1. The second-order valence-electron chi connectivity index (χ2n) is 7.63. The maximum Gasteiger partial charge on any atom is 0.328 e. The van der Waals surface area contributed by atoms with E-state index in [4.69, 9.17) is 16.3 Å². The highest BCUT2D eigenvalue weighted by Crippen LogP contribution is 2.16. The van der Waals surface area contributed by atoms with Crippen molar-refractivity contribution in [1.82, 2.24) is 9.99 Å². The van der Waals surface area contributed by atoms with E-state index < -0.39 is 30.3 Å². The van der Waals surface area contributed by atoms with Gasteiger partial charge in [0, 0.05) is 22.5 Å². The number of halogens is 1. The Bertz CT molecular complexity index is 1240. The van der Waals surface area contributed by atoms with Crippen LogP contribution >= 0.6 is 11.6 Å². The monoisotopic (exact) mass is 481 g/mol. The van der Waals surface area contributed by atoms with Crippen LogP contribution in [0.3, 0.4) is 0 Å². The number of hydrogen-bond acceptors (Lipinski definition) is 5. The second-order valence-corrected chi connectivity index (χ2v) is 8.04. The number of carbonyl (C=O) groups excluding carboxylic acids is 4. The zero-order chi connectivity index (χ0) is 24.8. The lowest BCUT2D eigenvalue weighted by Gasteiger charge is -2.14. The summed E-state index contributed by atoms with van der Waals surface area (Å²) in [5.74, 6) is -2.05. The maximum atomic E-state index is 12.7. The summed E-state index contributed by atoms with van der Waals surface area (Å²) in [4.78, 5) is 49.8. The summed E-state index contributed by atoms with van der Waals surface area (Å²) >= 11 is 6.00. The number of esters is 1. The minimum Gasteiger partial charge on any atom is -0.456 e. The molecule has 0 spiro atoms. The third kappa shape index (κ3) is 5.71. The van der Waals surface area contributed by atoms with Crippen LogP contribution in [0.4, 0.5) is 0 Å². The summed E-state index contributed by atoms with van der Waals surface area (Å²) in [5.41, 5.74) is 4.91. The van der Waals surface area contributed by atoms with Gasteiger partial charge in [-0.3, -0.25) is 24.5 Å². The number of hydrogen-bond donors (Lipinski definition) is 2. The number of nitrogens with zero attached hydrogens (tertiary/aromatic N) is 1. The first kappa shape index (κ1) is 24.7. The number of rotatable bonds is 8. The smallest absolute Gasteiger partial charge is 0.328 e. The van der Waals surface area contributed by atoms with Gasteiger partial charge in [-0.2, -0.15) is 0 Å². The van der Waals surface area contributed by atoms with Gasteiger partial charge in [0.25, 0.3) is 11.8 Å².